The summed E-state index contributed by atoms with van der Waals surface area (Å²) in [4.78, 5) is 36.8. The highest BCUT2D eigenvalue weighted by Crippen LogP contribution is 2.39. The number of hydrogen-bond donors (Lipinski definition) is 2. The van der Waals surface area contributed by atoms with Crippen LogP contribution in [-0.2, 0) is 0 Å². The topological polar surface area (TPSA) is 161 Å². The fraction of sp³-hybridized carbons (Fsp3) is 0.214. The summed E-state index contributed by atoms with van der Waals surface area (Å²) in [5.74, 6) is -1.78. The number of aryl methyl sites for hydroxylation is 2. The van der Waals surface area contributed by atoms with Crippen molar-refractivity contribution in [1.29, 1.82) is 0 Å². The number of ether oxygens (including phenoxy) is 1. The molecule has 2 unspecified atom stereocenters. The Morgan fingerprint density at radius 2 is 1.24 bits per heavy atom. The second-order valence-electron chi connectivity index (χ2n) is 9.44. The van der Waals surface area contributed by atoms with Crippen molar-refractivity contribution in [3.8, 4) is 5.88 Å². The SMILES string of the molecule is Cc1[nH]c(=O)c(Br)cc1[N+](=O)[O-].Cc1nc(OC(c2ccc(F)cc2)C(F)(F)F)c(Br)cc1[N+](=O)[O-].OC(c1ccc(F)cc1)C(F)(F)F. The lowest BCUT2D eigenvalue weighted by Crippen LogP contribution is -2.26. The van der Waals surface area contributed by atoms with Crippen molar-refractivity contribution in [2.24, 2.45) is 0 Å². The van der Waals surface area contributed by atoms with Gasteiger partial charge in [-0.3, -0.25) is 25.0 Å². The number of aliphatic hydroxyl groups excluding tert-OH is 1. The molecule has 2 N–H and O–H groups in total. The highest BCUT2D eigenvalue weighted by atomic mass is 79.9. The molecule has 2 aromatic carbocycles. The van der Waals surface area contributed by atoms with E-state index in [1.165, 1.54) is 19.9 Å². The Labute approximate surface area is 286 Å². The van der Waals surface area contributed by atoms with E-state index in [4.69, 9.17) is 9.84 Å². The minimum atomic E-state index is -4.80. The summed E-state index contributed by atoms with van der Waals surface area (Å²) in [7, 11) is 0. The number of aromatic amines is 1. The zero-order valence-corrected chi connectivity index (χ0v) is 27.6. The maximum Gasteiger partial charge on any atom is 0.429 e. The number of halogens is 10. The molecule has 21 heteroatoms. The van der Waals surface area contributed by atoms with Gasteiger partial charge in [-0.25, -0.2) is 13.8 Å². The van der Waals surface area contributed by atoms with Gasteiger partial charge in [-0.1, -0.05) is 24.3 Å². The summed E-state index contributed by atoms with van der Waals surface area (Å²) >= 11 is 5.81. The molecular formula is C28H20Br2F8N4O7. The van der Waals surface area contributed by atoms with Crippen molar-refractivity contribution in [3.63, 3.8) is 0 Å². The summed E-state index contributed by atoms with van der Waals surface area (Å²) in [5.41, 5.74) is -1.35. The van der Waals surface area contributed by atoms with E-state index in [0.29, 0.717) is 0 Å². The Balaban J connectivity index is 0.000000281. The number of alkyl halides is 6. The van der Waals surface area contributed by atoms with E-state index in [9.17, 15) is 60.1 Å². The Hall–Kier alpha value is -4.50. The predicted molar refractivity (Wildman–Crippen MR) is 163 cm³/mol. The molecule has 264 valence electrons. The summed E-state index contributed by atoms with van der Waals surface area (Å²) in [6.45, 7) is 2.75. The van der Waals surface area contributed by atoms with E-state index in [1.54, 1.807) is 0 Å². The van der Waals surface area contributed by atoms with Crippen LogP contribution in [0.15, 0.2) is 74.4 Å². The third-order valence-electron chi connectivity index (χ3n) is 5.86. The number of nitro groups is 2. The first kappa shape index (κ1) is 40.7. The highest BCUT2D eigenvalue weighted by molar-refractivity contribution is 9.10. The van der Waals surface area contributed by atoms with E-state index in [0.717, 1.165) is 54.6 Å². The normalized spacial score (nSPS) is 12.4. The second-order valence-corrected chi connectivity index (χ2v) is 11.1. The molecule has 11 nitrogen and oxygen atoms in total. The Bertz CT molecular complexity index is 1840. The molecule has 0 aliphatic carbocycles. The van der Waals surface area contributed by atoms with Gasteiger partial charge in [0.25, 0.3) is 16.9 Å². The molecule has 2 heterocycles. The van der Waals surface area contributed by atoms with Gasteiger partial charge in [0.05, 0.1) is 24.5 Å². The van der Waals surface area contributed by atoms with Crippen LogP contribution in [0, 0.1) is 45.7 Å². The van der Waals surface area contributed by atoms with E-state index >= 15 is 0 Å². The Kier molecular flexibility index (Phi) is 13.9. The molecule has 0 spiro atoms. The number of nitrogens with zero attached hydrogens (tertiary/aromatic N) is 3. The van der Waals surface area contributed by atoms with Crippen molar-refractivity contribution in [2.45, 2.75) is 38.4 Å². The van der Waals surface area contributed by atoms with Crippen LogP contribution in [0.2, 0.25) is 0 Å². The maximum absolute atomic E-state index is 13.3. The molecule has 4 rings (SSSR count). The van der Waals surface area contributed by atoms with Crippen molar-refractivity contribution in [2.75, 3.05) is 0 Å². The average Bonchev–Trinajstić information content (AvgIpc) is 2.99. The van der Waals surface area contributed by atoms with Gasteiger partial charge in [-0.15, -0.1) is 0 Å². The fourth-order valence-corrected chi connectivity index (χ4v) is 4.22. The van der Waals surface area contributed by atoms with Gasteiger partial charge in [0, 0.05) is 17.7 Å². The lowest BCUT2D eigenvalue weighted by molar-refractivity contribution is -0.386. The van der Waals surface area contributed by atoms with E-state index in [2.05, 4.69) is 41.8 Å². The number of rotatable bonds is 6. The highest BCUT2D eigenvalue weighted by Gasteiger charge is 2.44. The Morgan fingerprint density at radius 3 is 1.67 bits per heavy atom. The van der Waals surface area contributed by atoms with Crippen LogP contribution in [0.1, 0.15) is 34.7 Å². The van der Waals surface area contributed by atoms with Gasteiger partial charge in [0.1, 0.15) is 17.3 Å². The number of H-pyrrole nitrogens is 1. The summed E-state index contributed by atoms with van der Waals surface area (Å²) in [6, 6.07) is 9.36. The predicted octanol–water partition coefficient (Wildman–Crippen LogP) is 8.66. The van der Waals surface area contributed by atoms with Crippen LogP contribution in [0.5, 0.6) is 5.88 Å². The third-order valence-corrected chi connectivity index (χ3v) is 7.02. The summed E-state index contributed by atoms with van der Waals surface area (Å²) in [6.07, 6.45) is -14.5. The lowest BCUT2D eigenvalue weighted by atomic mass is 10.1. The molecule has 0 aliphatic heterocycles. The van der Waals surface area contributed by atoms with Gasteiger partial charge in [-0.2, -0.15) is 26.3 Å². The zero-order valence-electron chi connectivity index (χ0n) is 24.4. The van der Waals surface area contributed by atoms with E-state index in [-0.39, 0.29) is 48.4 Å². The fourth-order valence-electron chi connectivity index (χ4n) is 3.50. The van der Waals surface area contributed by atoms with Crippen molar-refractivity contribution >= 4 is 43.2 Å². The Morgan fingerprint density at radius 1 is 0.796 bits per heavy atom. The lowest BCUT2D eigenvalue weighted by Gasteiger charge is -2.22. The zero-order chi connectivity index (χ0) is 37.4. The molecule has 0 saturated carbocycles. The van der Waals surface area contributed by atoms with Gasteiger partial charge >= 0.3 is 12.4 Å². The number of hydrogen-bond acceptors (Lipinski definition) is 8. The van der Waals surface area contributed by atoms with Crippen LogP contribution >= 0.6 is 31.9 Å². The molecule has 0 radical (unpaired) electrons. The minimum Gasteiger partial charge on any atom is -0.459 e. The van der Waals surface area contributed by atoms with Crippen molar-refractivity contribution in [3.05, 3.63) is 134 Å². The first-order valence-corrected chi connectivity index (χ1v) is 14.5. The summed E-state index contributed by atoms with van der Waals surface area (Å²) in [5, 5.41) is 29.9. The molecule has 0 amide bonds. The molecule has 2 aromatic heterocycles. The quantitative estimate of drug-likeness (QED) is 0.111. The molecule has 49 heavy (non-hydrogen) atoms. The largest absolute Gasteiger partial charge is 0.459 e. The number of nitrogens with one attached hydrogen (secondary N) is 1. The van der Waals surface area contributed by atoms with Crippen LogP contribution in [-0.4, -0.2) is 37.3 Å². The monoisotopic (exact) mass is 834 g/mol. The number of benzene rings is 2. The maximum atomic E-state index is 13.3. The molecule has 0 saturated heterocycles. The van der Waals surface area contributed by atoms with Crippen molar-refractivity contribution < 1.29 is 54.8 Å². The first-order chi connectivity index (χ1) is 22.5. The van der Waals surface area contributed by atoms with Gasteiger partial charge in [-0.05, 0) is 75.5 Å². The van der Waals surface area contributed by atoms with Crippen molar-refractivity contribution in [1.82, 2.24) is 9.97 Å². The number of aliphatic hydroxyl groups is 1. The summed E-state index contributed by atoms with van der Waals surface area (Å²) < 4.78 is 106. The molecule has 4 aromatic rings. The van der Waals surface area contributed by atoms with Crippen LogP contribution in [0.3, 0.4) is 0 Å². The molecular weight excluding hydrogens is 816 g/mol. The molecule has 0 fully saturated rings. The molecule has 0 aliphatic rings. The van der Waals surface area contributed by atoms with E-state index < -0.39 is 51.9 Å². The minimum absolute atomic E-state index is 0.0959. The standard InChI is InChI=1S/C14H9BrF4N2O3.C8H6F4O.C6H5BrN2O3/c1-7-11(21(22)23)6-10(15)13(20-7)24-12(14(17,18)19)8-2-4-9(16)5-3-8;9-6-3-1-5(2-4-6)7(13)8(10,11)12;1-3-5(9(11)12)2-4(7)6(10)8-3/h2-6,12H,1H3;1-4,7,13H;2H,1H3,(H,8,10). The first-order valence-electron chi connectivity index (χ1n) is 12.9. The number of aromatic nitrogens is 2. The van der Waals surface area contributed by atoms with Crippen LogP contribution < -0.4 is 10.3 Å². The van der Waals surface area contributed by atoms with Gasteiger partial charge in [0.2, 0.25) is 12.0 Å². The van der Waals surface area contributed by atoms with Gasteiger partial charge < -0.3 is 14.8 Å². The molecule has 0 bridgehead atoms. The van der Waals surface area contributed by atoms with Crippen LogP contribution in [0.25, 0.3) is 0 Å². The smallest absolute Gasteiger partial charge is 0.429 e. The number of pyridine rings is 2. The van der Waals surface area contributed by atoms with E-state index in [1.807, 2.05) is 0 Å². The third kappa shape index (κ3) is 11.9. The average molecular weight is 836 g/mol. The second kappa shape index (κ2) is 16.7. The van der Waals surface area contributed by atoms with Crippen LogP contribution in [0.4, 0.5) is 46.5 Å². The molecule has 2 atom stereocenters. The van der Waals surface area contributed by atoms with Gasteiger partial charge in [0.15, 0.2) is 6.10 Å².